The Morgan fingerprint density at radius 1 is 1.07 bits per heavy atom. The van der Waals surface area contributed by atoms with Crippen molar-refractivity contribution in [1.82, 2.24) is 10.3 Å². The van der Waals surface area contributed by atoms with Crippen molar-refractivity contribution in [2.24, 2.45) is 0 Å². The SMILES string of the molecule is COc1ccc(C(=O)NCC(=O)OCc2csc(Nc3ccc(C)cc3)n2)cc1. The smallest absolute Gasteiger partial charge is 0.325 e. The second-order valence-corrected chi connectivity index (χ2v) is 7.06. The van der Waals surface area contributed by atoms with E-state index in [2.05, 4.69) is 15.6 Å². The van der Waals surface area contributed by atoms with Gasteiger partial charge in [0, 0.05) is 16.6 Å². The second kappa shape index (κ2) is 9.70. The standard InChI is InChI=1S/C21H21N3O4S/c1-14-3-7-16(8-4-14)23-21-24-17(13-29-21)12-28-19(25)11-22-20(26)15-5-9-18(27-2)10-6-15/h3-10,13H,11-12H2,1-2H3,(H,22,26)(H,23,24). The van der Waals surface area contributed by atoms with Crippen LogP contribution in [-0.4, -0.2) is 30.5 Å². The van der Waals surface area contributed by atoms with Crippen molar-refractivity contribution >= 4 is 34.0 Å². The van der Waals surface area contributed by atoms with Crippen LogP contribution in [0.2, 0.25) is 0 Å². The molecule has 0 radical (unpaired) electrons. The van der Waals surface area contributed by atoms with E-state index in [-0.39, 0.29) is 19.1 Å². The largest absolute Gasteiger partial charge is 0.497 e. The molecule has 0 aliphatic carbocycles. The molecular weight excluding hydrogens is 390 g/mol. The van der Waals surface area contributed by atoms with Gasteiger partial charge in [0.2, 0.25) is 0 Å². The molecule has 0 bridgehead atoms. The van der Waals surface area contributed by atoms with Crippen molar-refractivity contribution in [3.05, 3.63) is 70.7 Å². The topological polar surface area (TPSA) is 89.5 Å². The molecule has 0 unspecified atom stereocenters. The van der Waals surface area contributed by atoms with E-state index in [0.29, 0.717) is 22.1 Å². The van der Waals surface area contributed by atoms with Gasteiger partial charge in [-0.3, -0.25) is 9.59 Å². The van der Waals surface area contributed by atoms with Crippen molar-refractivity contribution in [3.63, 3.8) is 0 Å². The summed E-state index contributed by atoms with van der Waals surface area (Å²) < 4.78 is 10.2. The summed E-state index contributed by atoms with van der Waals surface area (Å²) in [7, 11) is 1.55. The lowest BCUT2D eigenvalue weighted by atomic mass is 10.2. The van der Waals surface area contributed by atoms with E-state index in [4.69, 9.17) is 9.47 Å². The summed E-state index contributed by atoms with van der Waals surface area (Å²) in [4.78, 5) is 28.3. The Kier molecular flexibility index (Phi) is 6.80. The molecule has 29 heavy (non-hydrogen) atoms. The number of methoxy groups -OCH3 is 1. The Morgan fingerprint density at radius 2 is 1.79 bits per heavy atom. The molecule has 0 aliphatic rings. The number of aryl methyl sites for hydroxylation is 1. The summed E-state index contributed by atoms with van der Waals surface area (Å²) in [5, 5.41) is 8.27. The molecule has 0 fully saturated rings. The van der Waals surface area contributed by atoms with Crippen LogP contribution in [0.4, 0.5) is 10.8 Å². The first-order chi connectivity index (χ1) is 14.0. The lowest BCUT2D eigenvalue weighted by Gasteiger charge is -2.06. The maximum atomic E-state index is 12.0. The van der Waals surface area contributed by atoms with E-state index in [1.165, 1.54) is 16.9 Å². The first-order valence-electron chi connectivity index (χ1n) is 8.89. The number of esters is 1. The van der Waals surface area contributed by atoms with Crippen LogP contribution in [-0.2, 0) is 16.1 Å². The molecule has 1 heterocycles. The van der Waals surface area contributed by atoms with Crippen molar-refractivity contribution in [1.29, 1.82) is 0 Å². The molecule has 8 heteroatoms. The average molecular weight is 411 g/mol. The Bertz CT molecular complexity index is 968. The van der Waals surface area contributed by atoms with E-state index in [0.717, 1.165) is 5.69 Å². The van der Waals surface area contributed by atoms with Gasteiger partial charge in [0.1, 0.15) is 18.9 Å². The summed E-state index contributed by atoms with van der Waals surface area (Å²) in [5.41, 5.74) is 3.19. The molecule has 0 atom stereocenters. The van der Waals surface area contributed by atoms with Crippen LogP contribution in [0.3, 0.4) is 0 Å². The highest BCUT2D eigenvalue weighted by Gasteiger charge is 2.10. The highest BCUT2D eigenvalue weighted by molar-refractivity contribution is 7.13. The van der Waals surface area contributed by atoms with Crippen LogP contribution >= 0.6 is 11.3 Å². The molecule has 0 saturated carbocycles. The number of anilines is 2. The highest BCUT2D eigenvalue weighted by atomic mass is 32.1. The van der Waals surface area contributed by atoms with Gasteiger partial charge in [-0.2, -0.15) is 0 Å². The third-order valence-corrected chi connectivity index (χ3v) is 4.79. The zero-order valence-electron chi connectivity index (χ0n) is 16.1. The van der Waals surface area contributed by atoms with Gasteiger partial charge in [-0.1, -0.05) is 17.7 Å². The van der Waals surface area contributed by atoms with E-state index < -0.39 is 5.97 Å². The Morgan fingerprint density at radius 3 is 2.48 bits per heavy atom. The minimum Gasteiger partial charge on any atom is -0.497 e. The van der Waals surface area contributed by atoms with Crippen LogP contribution in [0.5, 0.6) is 5.75 Å². The fourth-order valence-electron chi connectivity index (χ4n) is 2.39. The minimum atomic E-state index is -0.534. The number of nitrogens with one attached hydrogen (secondary N) is 2. The Hall–Kier alpha value is -3.39. The van der Waals surface area contributed by atoms with E-state index in [1.807, 2.05) is 36.6 Å². The monoisotopic (exact) mass is 411 g/mol. The van der Waals surface area contributed by atoms with Gasteiger partial charge in [0.15, 0.2) is 5.13 Å². The number of carbonyl (C=O) groups is 2. The van der Waals surface area contributed by atoms with Crippen LogP contribution in [0.15, 0.2) is 53.9 Å². The van der Waals surface area contributed by atoms with Crippen LogP contribution < -0.4 is 15.4 Å². The van der Waals surface area contributed by atoms with Gasteiger partial charge >= 0.3 is 5.97 Å². The van der Waals surface area contributed by atoms with Crippen LogP contribution in [0, 0.1) is 6.92 Å². The normalized spacial score (nSPS) is 10.3. The molecule has 3 rings (SSSR count). The van der Waals surface area contributed by atoms with E-state index in [1.54, 1.807) is 31.4 Å². The number of hydrogen-bond acceptors (Lipinski definition) is 7. The van der Waals surface area contributed by atoms with Gasteiger partial charge < -0.3 is 20.1 Å². The number of nitrogens with zero attached hydrogens (tertiary/aromatic N) is 1. The van der Waals surface area contributed by atoms with Crippen molar-refractivity contribution in [2.75, 3.05) is 19.0 Å². The zero-order chi connectivity index (χ0) is 20.6. The van der Waals surface area contributed by atoms with Crippen molar-refractivity contribution in [3.8, 4) is 5.75 Å². The van der Waals surface area contributed by atoms with Gasteiger partial charge in [0.05, 0.1) is 12.8 Å². The molecule has 2 aromatic carbocycles. The summed E-state index contributed by atoms with van der Waals surface area (Å²) in [5.74, 6) is -0.240. The predicted molar refractivity (Wildman–Crippen MR) is 112 cm³/mol. The number of ether oxygens (including phenoxy) is 2. The summed E-state index contributed by atoms with van der Waals surface area (Å²) in [6, 6.07) is 14.6. The maximum absolute atomic E-state index is 12.0. The highest BCUT2D eigenvalue weighted by Crippen LogP contribution is 2.21. The first-order valence-corrected chi connectivity index (χ1v) is 9.77. The quantitative estimate of drug-likeness (QED) is 0.550. The predicted octanol–water partition coefficient (Wildman–Crippen LogP) is 3.68. The Labute approximate surface area is 172 Å². The third kappa shape index (κ3) is 6.05. The fraction of sp³-hybridized carbons (Fsp3) is 0.190. The molecule has 0 aliphatic heterocycles. The number of carbonyl (C=O) groups excluding carboxylic acids is 2. The number of rotatable bonds is 8. The molecule has 150 valence electrons. The van der Waals surface area contributed by atoms with E-state index >= 15 is 0 Å². The van der Waals surface area contributed by atoms with Gasteiger partial charge in [-0.25, -0.2) is 4.98 Å². The van der Waals surface area contributed by atoms with E-state index in [9.17, 15) is 9.59 Å². The number of amides is 1. The summed E-state index contributed by atoms with van der Waals surface area (Å²) >= 11 is 1.43. The summed E-state index contributed by atoms with van der Waals surface area (Å²) in [6.07, 6.45) is 0. The van der Waals surface area contributed by atoms with Gasteiger partial charge in [0.25, 0.3) is 5.91 Å². The molecule has 7 nitrogen and oxygen atoms in total. The molecule has 3 aromatic rings. The first kappa shape index (κ1) is 20.3. The van der Waals surface area contributed by atoms with Crippen LogP contribution in [0.1, 0.15) is 21.6 Å². The van der Waals surface area contributed by atoms with Crippen molar-refractivity contribution in [2.45, 2.75) is 13.5 Å². The zero-order valence-corrected chi connectivity index (χ0v) is 16.9. The molecule has 0 spiro atoms. The third-order valence-electron chi connectivity index (χ3n) is 3.98. The number of hydrogen-bond donors (Lipinski definition) is 2. The molecular formula is C21H21N3O4S. The fourth-order valence-corrected chi connectivity index (χ4v) is 3.11. The van der Waals surface area contributed by atoms with Crippen molar-refractivity contribution < 1.29 is 19.1 Å². The van der Waals surface area contributed by atoms with Gasteiger partial charge in [-0.15, -0.1) is 11.3 Å². The molecule has 0 saturated heterocycles. The summed E-state index contributed by atoms with van der Waals surface area (Å²) in [6.45, 7) is 1.85. The lowest BCUT2D eigenvalue weighted by Crippen LogP contribution is -2.30. The van der Waals surface area contributed by atoms with Crippen LogP contribution in [0.25, 0.3) is 0 Å². The number of aromatic nitrogens is 1. The second-order valence-electron chi connectivity index (χ2n) is 6.21. The Balaban J connectivity index is 1.42. The molecule has 1 aromatic heterocycles. The lowest BCUT2D eigenvalue weighted by molar-refractivity contribution is -0.143. The minimum absolute atomic E-state index is 0.0450. The van der Waals surface area contributed by atoms with Gasteiger partial charge in [-0.05, 0) is 43.3 Å². The number of thiazole rings is 1. The maximum Gasteiger partial charge on any atom is 0.325 e. The molecule has 2 N–H and O–H groups in total. The average Bonchev–Trinajstić information content (AvgIpc) is 3.19. The molecule has 1 amide bonds. The number of benzene rings is 2.